The minimum absolute atomic E-state index is 0.111. The van der Waals surface area contributed by atoms with Crippen LogP contribution in [0.4, 0.5) is 5.13 Å². The van der Waals surface area contributed by atoms with E-state index in [2.05, 4.69) is 15.2 Å². The van der Waals surface area contributed by atoms with Crippen LogP contribution in [0.15, 0.2) is 4.34 Å². The van der Waals surface area contributed by atoms with Crippen LogP contribution in [0.5, 0.6) is 0 Å². The fourth-order valence-electron chi connectivity index (χ4n) is 2.18. The molecule has 0 spiro atoms. The average molecular weight is 354 g/mol. The highest BCUT2D eigenvalue weighted by Gasteiger charge is 2.26. The zero-order valence-corrected chi connectivity index (χ0v) is 14.9. The number of hydrogen-bond acceptors (Lipinski definition) is 8. The van der Waals surface area contributed by atoms with Gasteiger partial charge in [-0.15, -0.1) is 10.2 Å². The second kappa shape index (κ2) is 7.14. The van der Waals surface area contributed by atoms with E-state index >= 15 is 0 Å². The van der Waals surface area contributed by atoms with Gasteiger partial charge < -0.3 is 15.5 Å². The van der Waals surface area contributed by atoms with Crippen LogP contribution in [0.2, 0.25) is 0 Å². The third kappa shape index (κ3) is 3.73. The third-order valence-electron chi connectivity index (χ3n) is 3.23. The van der Waals surface area contributed by atoms with Crippen molar-refractivity contribution in [3.63, 3.8) is 0 Å². The zero-order chi connectivity index (χ0) is 17.1. The maximum absolute atomic E-state index is 12.6. The molecule has 0 aliphatic heterocycles. The smallest absolute Gasteiger partial charge is 0.340 e. The van der Waals surface area contributed by atoms with Gasteiger partial charge >= 0.3 is 5.97 Å². The highest BCUT2D eigenvalue weighted by atomic mass is 32.2. The lowest BCUT2D eigenvalue weighted by molar-refractivity contribution is 0.0525. The van der Waals surface area contributed by atoms with Crippen LogP contribution in [0, 0.1) is 13.8 Å². The molecule has 0 unspecified atom stereocenters. The molecule has 0 saturated carbocycles. The molecule has 124 valence electrons. The van der Waals surface area contributed by atoms with Crippen LogP contribution in [0.3, 0.4) is 0 Å². The Morgan fingerprint density at radius 1 is 1.39 bits per heavy atom. The molecule has 2 aromatic rings. The summed E-state index contributed by atoms with van der Waals surface area (Å²) in [5.74, 6) is -0.532. The number of anilines is 1. The van der Waals surface area contributed by atoms with Gasteiger partial charge in [0.1, 0.15) is 0 Å². The largest absolute Gasteiger partial charge is 0.462 e. The summed E-state index contributed by atoms with van der Waals surface area (Å²) in [6, 6.07) is 0. The van der Waals surface area contributed by atoms with E-state index in [-0.39, 0.29) is 17.6 Å². The standard InChI is InChI=1S/C14H18N4O3S2/c1-5-21-12(20)9-6(2)10(16-7(9)3)11(19)8(4)22-14-18-17-13(15)23-14/h8,16H,5H2,1-4H3,(H2,15,17)/t8-/m0/s1. The molecule has 0 fully saturated rings. The maximum Gasteiger partial charge on any atom is 0.340 e. The van der Waals surface area contributed by atoms with Crippen LogP contribution < -0.4 is 5.73 Å². The van der Waals surface area contributed by atoms with E-state index in [1.807, 2.05) is 0 Å². The minimum atomic E-state index is -0.421. The van der Waals surface area contributed by atoms with Gasteiger partial charge in [-0.05, 0) is 33.3 Å². The number of hydrogen-bond donors (Lipinski definition) is 2. The highest BCUT2D eigenvalue weighted by Crippen LogP contribution is 2.30. The van der Waals surface area contributed by atoms with Crippen LogP contribution in [0.1, 0.15) is 46.0 Å². The molecule has 0 bridgehead atoms. The molecule has 2 rings (SSSR count). The molecule has 0 amide bonds. The lowest BCUT2D eigenvalue weighted by Crippen LogP contribution is -2.15. The number of ether oxygens (including phenoxy) is 1. The number of ketones is 1. The number of H-pyrrole nitrogens is 1. The molecular weight excluding hydrogens is 336 g/mol. The topological polar surface area (TPSA) is 111 Å². The molecule has 0 aliphatic rings. The molecule has 3 N–H and O–H groups in total. The number of nitrogens with two attached hydrogens (primary N) is 1. The van der Waals surface area contributed by atoms with E-state index in [1.54, 1.807) is 27.7 Å². The quantitative estimate of drug-likeness (QED) is 0.466. The van der Waals surface area contributed by atoms with Crippen LogP contribution in [-0.4, -0.2) is 38.8 Å². The van der Waals surface area contributed by atoms with Gasteiger partial charge in [-0.2, -0.15) is 0 Å². The summed E-state index contributed by atoms with van der Waals surface area (Å²) in [7, 11) is 0. The van der Waals surface area contributed by atoms with Crippen molar-refractivity contribution >= 4 is 40.0 Å². The number of Topliss-reactive ketones (excluding diaryl/α,β-unsaturated/α-hetero) is 1. The summed E-state index contributed by atoms with van der Waals surface area (Å²) in [5.41, 5.74) is 7.62. The number of nitrogens with one attached hydrogen (secondary N) is 1. The number of carbonyl (C=O) groups is 2. The lowest BCUT2D eigenvalue weighted by atomic mass is 10.1. The second-order valence-electron chi connectivity index (χ2n) is 4.88. The summed E-state index contributed by atoms with van der Waals surface area (Å²) < 4.78 is 5.67. The number of rotatable bonds is 6. The van der Waals surface area contributed by atoms with Crippen molar-refractivity contribution in [3.05, 3.63) is 22.5 Å². The van der Waals surface area contributed by atoms with Gasteiger partial charge in [-0.25, -0.2) is 4.79 Å². The van der Waals surface area contributed by atoms with E-state index in [0.29, 0.717) is 32.0 Å². The predicted molar refractivity (Wildman–Crippen MR) is 90.2 cm³/mol. The Bertz CT molecular complexity index is 738. The van der Waals surface area contributed by atoms with Crippen molar-refractivity contribution in [1.29, 1.82) is 0 Å². The summed E-state index contributed by atoms with van der Waals surface area (Å²) in [5, 5.41) is 7.61. The first kappa shape index (κ1) is 17.5. The first-order valence-electron chi connectivity index (χ1n) is 7.01. The Morgan fingerprint density at radius 3 is 2.65 bits per heavy atom. The van der Waals surface area contributed by atoms with Crippen molar-refractivity contribution in [2.45, 2.75) is 37.3 Å². The van der Waals surface area contributed by atoms with E-state index in [4.69, 9.17) is 10.5 Å². The molecule has 1 atom stereocenters. The summed E-state index contributed by atoms with van der Waals surface area (Å²) in [4.78, 5) is 27.6. The van der Waals surface area contributed by atoms with Gasteiger partial charge in [0.2, 0.25) is 5.13 Å². The molecule has 9 heteroatoms. The number of thioether (sulfide) groups is 1. The second-order valence-corrected chi connectivity index (χ2v) is 7.47. The van der Waals surface area contributed by atoms with Crippen molar-refractivity contribution in [3.8, 4) is 0 Å². The molecule has 0 saturated heterocycles. The third-order valence-corrected chi connectivity index (χ3v) is 5.17. The van der Waals surface area contributed by atoms with Crippen molar-refractivity contribution in [2.75, 3.05) is 12.3 Å². The predicted octanol–water partition coefficient (Wildman–Crippen LogP) is 2.61. The van der Waals surface area contributed by atoms with Gasteiger partial charge in [-0.1, -0.05) is 23.1 Å². The van der Waals surface area contributed by atoms with E-state index in [0.717, 1.165) is 0 Å². The summed E-state index contributed by atoms with van der Waals surface area (Å²) in [6.45, 7) is 7.30. The van der Waals surface area contributed by atoms with E-state index in [1.165, 1.54) is 23.1 Å². The number of aromatic amines is 1. The summed E-state index contributed by atoms with van der Waals surface area (Å²) in [6.07, 6.45) is 0. The first-order chi connectivity index (χ1) is 10.8. The maximum atomic E-state index is 12.6. The Morgan fingerprint density at radius 2 is 2.09 bits per heavy atom. The Labute approximate surface area is 142 Å². The number of nitrogens with zero attached hydrogens (tertiary/aromatic N) is 2. The molecule has 23 heavy (non-hydrogen) atoms. The van der Waals surface area contributed by atoms with Crippen molar-refractivity contribution < 1.29 is 14.3 Å². The molecule has 0 radical (unpaired) electrons. The summed E-state index contributed by atoms with van der Waals surface area (Å²) >= 11 is 2.52. The zero-order valence-electron chi connectivity index (χ0n) is 13.3. The monoisotopic (exact) mass is 354 g/mol. The van der Waals surface area contributed by atoms with Crippen LogP contribution >= 0.6 is 23.1 Å². The van der Waals surface area contributed by atoms with Crippen molar-refractivity contribution in [2.24, 2.45) is 0 Å². The van der Waals surface area contributed by atoms with Gasteiger partial charge in [-0.3, -0.25) is 4.79 Å². The van der Waals surface area contributed by atoms with Gasteiger partial charge in [0, 0.05) is 5.69 Å². The van der Waals surface area contributed by atoms with E-state index < -0.39 is 5.97 Å². The number of aromatic nitrogens is 3. The van der Waals surface area contributed by atoms with Gasteiger partial charge in [0.15, 0.2) is 10.1 Å². The first-order valence-corrected chi connectivity index (χ1v) is 8.70. The van der Waals surface area contributed by atoms with Gasteiger partial charge in [0.05, 0.1) is 23.1 Å². The molecule has 2 heterocycles. The normalized spacial score (nSPS) is 12.2. The molecule has 7 nitrogen and oxygen atoms in total. The fraction of sp³-hybridized carbons (Fsp3) is 0.429. The SMILES string of the molecule is CCOC(=O)c1c(C)[nH]c(C(=O)[C@H](C)Sc2nnc(N)s2)c1C. The van der Waals surface area contributed by atoms with Crippen molar-refractivity contribution in [1.82, 2.24) is 15.2 Å². The number of aryl methyl sites for hydroxylation is 1. The molecule has 0 aliphatic carbocycles. The highest BCUT2D eigenvalue weighted by molar-refractivity contribution is 8.02. The molecule has 0 aromatic carbocycles. The van der Waals surface area contributed by atoms with E-state index in [9.17, 15) is 9.59 Å². The Hall–Kier alpha value is -1.87. The molecule has 2 aromatic heterocycles. The Kier molecular flexibility index (Phi) is 5.42. The number of carbonyl (C=O) groups excluding carboxylic acids is 2. The Balaban J connectivity index is 2.22. The van der Waals surface area contributed by atoms with Gasteiger partial charge in [0.25, 0.3) is 0 Å². The van der Waals surface area contributed by atoms with Crippen LogP contribution in [0.25, 0.3) is 0 Å². The number of esters is 1. The minimum Gasteiger partial charge on any atom is -0.462 e. The van der Waals surface area contributed by atoms with Crippen LogP contribution in [-0.2, 0) is 4.74 Å². The number of nitrogen functional groups attached to an aromatic ring is 1. The average Bonchev–Trinajstić information content (AvgIpc) is 3.01. The fourth-order valence-corrected chi connectivity index (χ4v) is 4.02. The molecular formula is C14H18N4O3S2. The lowest BCUT2D eigenvalue weighted by Gasteiger charge is -2.07.